The largest absolute Gasteiger partial charge is 0.349 e. The monoisotopic (exact) mass is 325 g/mol. The standard InChI is InChI=1S/C20H27N3O/c1-14-10-11-23-18-9-8-15(13-17(18)22-19(23)12-14)20(24)21-16-6-4-2-3-5-7-16/h8-9,13-14,16H,2-7,10-12H2,1H3,(H,21,24)/t14-/m0/s1. The number of nitrogens with zero attached hydrogens (tertiary/aromatic N) is 2. The van der Waals surface area contributed by atoms with Gasteiger partial charge in [0.15, 0.2) is 0 Å². The molecule has 0 unspecified atom stereocenters. The zero-order valence-corrected chi connectivity index (χ0v) is 14.6. The Morgan fingerprint density at radius 1 is 1.17 bits per heavy atom. The van der Waals surface area contributed by atoms with Crippen molar-refractivity contribution in [1.82, 2.24) is 14.9 Å². The third-order valence-electron chi connectivity index (χ3n) is 5.66. The number of amides is 1. The number of benzene rings is 1. The van der Waals surface area contributed by atoms with Gasteiger partial charge >= 0.3 is 0 Å². The first-order valence-corrected chi connectivity index (χ1v) is 9.51. The fourth-order valence-electron chi connectivity index (χ4n) is 4.18. The predicted molar refractivity (Wildman–Crippen MR) is 96.2 cm³/mol. The van der Waals surface area contributed by atoms with Crippen molar-refractivity contribution in [1.29, 1.82) is 0 Å². The number of imidazole rings is 1. The van der Waals surface area contributed by atoms with Crippen LogP contribution in [0.1, 0.15) is 68.1 Å². The number of fused-ring (bicyclic) bond motifs is 3. The minimum Gasteiger partial charge on any atom is -0.349 e. The van der Waals surface area contributed by atoms with Gasteiger partial charge < -0.3 is 9.88 Å². The van der Waals surface area contributed by atoms with Crippen LogP contribution in [0.15, 0.2) is 18.2 Å². The molecule has 4 nitrogen and oxygen atoms in total. The van der Waals surface area contributed by atoms with Crippen LogP contribution in [0.4, 0.5) is 0 Å². The summed E-state index contributed by atoms with van der Waals surface area (Å²) >= 11 is 0. The number of carbonyl (C=O) groups is 1. The second kappa shape index (κ2) is 6.58. The Morgan fingerprint density at radius 3 is 2.75 bits per heavy atom. The molecule has 0 radical (unpaired) electrons. The van der Waals surface area contributed by atoms with Crippen molar-refractivity contribution in [2.24, 2.45) is 5.92 Å². The van der Waals surface area contributed by atoms with E-state index in [1.165, 1.54) is 43.4 Å². The van der Waals surface area contributed by atoms with E-state index < -0.39 is 0 Å². The maximum Gasteiger partial charge on any atom is 0.251 e. The molecular formula is C20H27N3O. The summed E-state index contributed by atoms with van der Waals surface area (Å²) in [7, 11) is 0. The summed E-state index contributed by atoms with van der Waals surface area (Å²) in [6, 6.07) is 6.34. The summed E-state index contributed by atoms with van der Waals surface area (Å²) < 4.78 is 2.32. The van der Waals surface area contributed by atoms with Crippen molar-refractivity contribution in [3.8, 4) is 0 Å². The Morgan fingerprint density at radius 2 is 1.96 bits per heavy atom. The summed E-state index contributed by atoms with van der Waals surface area (Å²) in [5, 5.41) is 3.24. The lowest BCUT2D eigenvalue weighted by Gasteiger charge is -2.20. The first kappa shape index (κ1) is 15.7. The van der Waals surface area contributed by atoms with Crippen molar-refractivity contribution in [3.63, 3.8) is 0 Å². The highest BCUT2D eigenvalue weighted by molar-refractivity contribution is 5.97. The van der Waals surface area contributed by atoms with Gasteiger partial charge in [-0.15, -0.1) is 0 Å². The Kier molecular flexibility index (Phi) is 4.30. The fourth-order valence-corrected chi connectivity index (χ4v) is 4.18. The van der Waals surface area contributed by atoms with Crippen molar-refractivity contribution in [2.75, 3.05) is 0 Å². The highest BCUT2D eigenvalue weighted by atomic mass is 16.1. The van der Waals surface area contributed by atoms with E-state index >= 15 is 0 Å². The molecule has 2 aromatic rings. The Labute approximate surface area is 143 Å². The maximum atomic E-state index is 12.6. The molecule has 0 saturated heterocycles. The second-order valence-corrected chi connectivity index (χ2v) is 7.64. The molecule has 4 rings (SSSR count). The smallest absolute Gasteiger partial charge is 0.251 e. The number of aromatic nitrogens is 2. The van der Waals surface area contributed by atoms with Crippen LogP contribution >= 0.6 is 0 Å². The van der Waals surface area contributed by atoms with Gasteiger partial charge in [-0.1, -0.05) is 32.6 Å². The lowest BCUT2D eigenvalue weighted by molar-refractivity contribution is 0.0933. The third-order valence-corrected chi connectivity index (χ3v) is 5.66. The first-order valence-electron chi connectivity index (χ1n) is 9.51. The van der Waals surface area contributed by atoms with Gasteiger partial charge in [-0.25, -0.2) is 4.98 Å². The molecule has 1 aromatic carbocycles. The van der Waals surface area contributed by atoms with Gasteiger partial charge in [0.05, 0.1) is 11.0 Å². The van der Waals surface area contributed by atoms with Crippen molar-refractivity contribution >= 4 is 16.9 Å². The van der Waals surface area contributed by atoms with E-state index in [0.717, 1.165) is 36.9 Å². The summed E-state index contributed by atoms with van der Waals surface area (Å²) in [5.74, 6) is 1.93. The molecule has 0 bridgehead atoms. The van der Waals surface area contributed by atoms with E-state index in [4.69, 9.17) is 4.98 Å². The lowest BCUT2D eigenvalue weighted by Crippen LogP contribution is -2.34. The van der Waals surface area contributed by atoms with Gasteiger partial charge in [-0.2, -0.15) is 0 Å². The molecule has 1 amide bonds. The molecule has 1 saturated carbocycles. The topological polar surface area (TPSA) is 46.9 Å². The number of carbonyl (C=O) groups excluding carboxylic acids is 1. The van der Waals surface area contributed by atoms with Crippen LogP contribution in [0.25, 0.3) is 11.0 Å². The molecule has 1 aliphatic heterocycles. The maximum absolute atomic E-state index is 12.6. The molecule has 1 fully saturated rings. The van der Waals surface area contributed by atoms with Gasteiger partial charge in [0.25, 0.3) is 5.91 Å². The molecule has 2 aliphatic rings. The van der Waals surface area contributed by atoms with Crippen LogP contribution in [0.3, 0.4) is 0 Å². The molecule has 1 atom stereocenters. The van der Waals surface area contributed by atoms with Crippen molar-refractivity contribution in [3.05, 3.63) is 29.6 Å². The van der Waals surface area contributed by atoms with Gasteiger partial charge in [-0.3, -0.25) is 4.79 Å². The van der Waals surface area contributed by atoms with Gasteiger partial charge in [0.2, 0.25) is 0 Å². The molecule has 24 heavy (non-hydrogen) atoms. The Balaban J connectivity index is 1.55. The predicted octanol–water partition coefficient (Wildman–Crippen LogP) is 4.07. The fraction of sp³-hybridized carbons (Fsp3) is 0.600. The molecule has 0 spiro atoms. The molecular weight excluding hydrogens is 298 g/mol. The summed E-state index contributed by atoms with van der Waals surface area (Å²) in [5.41, 5.74) is 2.88. The van der Waals surface area contributed by atoms with Crippen LogP contribution in [0, 0.1) is 5.92 Å². The number of nitrogens with one attached hydrogen (secondary N) is 1. The molecule has 2 heterocycles. The molecule has 1 aliphatic carbocycles. The number of hydrogen-bond donors (Lipinski definition) is 1. The summed E-state index contributed by atoms with van der Waals surface area (Å²) in [4.78, 5) is 17.4. The molecule has 128 valence electrons. The van der Waals surface area contributed by atoms with Gasteiger partial charge in [-0.05, 0) is 43.4 Å². The molecule has 1 N–H and O–H groups in total. The number of aryl methyl sites for hydroxylation is 1. The lowest BCUT2D eigenvalue weighted by atomic mass is 10.0. The normalized spacial score (nSPS) is 22.1. The zero-order valence-electron chi connectivity index (χ0n) is 14.6. The molecule has 1 aromatic heterocycles. The second-order valence-electron chi connectivity index (χ2n) is 7.64. The van der Waals surface area contributed by atoms with Crippen LogP contribution in [0.5, 0.6) is 0 Å². The highest BCUT2D eigenvalue weighted by Gasteiger charge is 2.21. The van der Waals surface area contributed by atoms with Crippen LogP contribution in [-0.2, 0) is 13.0 Å². The number of hydrogen-bond acceptors (Lipinski definition) is 2. The van der Waals surface area contributed by atoms with Gasteiger partial charge in [0, 0.05) is 24.6 Å². The van der Waals surface area contributed by atoms with Crippen LogP contribution < -0.4 is 5.32 Å². The van der Waals surface area contributed by atoms with E-state index in [0.29, 0.717) is 12.0 Å². The Bertz CT molecular complexity index is 741. The van der Waals surface area contributed by atoms with Gasteiger partial charge in [0.1, 0.15) is 5.82 Å². The Hall–Kier alpha value is -1.84. The SMILES string of the molecule is C[C@H]1CCn2c(nc3cc(C(=O)NC4CCCCCC4)ccc32)C1. The van der Waals surface area contributed by atoms with E-state index in [9.17, 15) is 4.79 Å². The van der Waals surface area contributed by atoms with E-state index in [1.807, 2.05) is 12.1 Å². The minimum atomic E-state index is 0.0585. The average Bonchev–Trinajstić information content (AvgIpc) is 2.74. The van der Waals surface area contributed by atoms with E-state index in [2.05, 4.69) is 22.9 Å². The number of rotatable bonds is 2. The quantitative estimate of drug-likeness (QED) is 0.846. The first-order chi connectivity index (χ1) is 11.7. The average molecular weight is 325 g/mol. The zero-order chi connectivity index (χ0) is 16.5. The summed E-state index contributed by atoms with van der Waals surface area (Å²) in [6.07, 6.45) is 9.55. The third kappa shape index (κ3) is 3.06. The summed E-state index contributed by atoms with van der Waals surface area (Å²) in [6.45, 7) is 3.33. The highest BCUT2D eigenvalue weighted by Crippen LogP contribution is 2.26. The van der Waals surface area contributed by atoms with E-state index in [-0.39, 0.29) is 5.91 Å². The van der Waals surface area contributed by atoms with Crippen molar-refractivity contribution < 1.29 is 4.79 Å². The van der Waals surface area contributed by atoms with Crippen LogP contribution in [0.2, 0.25) is 0 Å². The van der Waals surface area contributed by atoms with Crippen molar-refractivity contribution in [2.45, 2.75) is 70.9 Å². The van der Waals surface area contributed by atoms with E-state index in [1.54, 1.807) is 0 Å². The minimum absolute atomic E-state index is 0.0585. The van der Waals surface area contributed by atoms with Crippen LogP contribution in [-0.4, -0.2) is 21.5 Å². The molecule has 4 heteroatoms.